The zero-order valence-corrected chi connectivity index (χ0v) is 15.0. The second kappa shape index (κ2) is 6.60. The van der Waals surface area contributed by atoms with Gasteiger partial charge in [-0.3, -0.25) is 4.90 Å². The topological polar surface area (TPSA) is 41.6 Å². The monoisotopic (exact) mass is 328 g/mol. The van der Waals surface area contributed by atoms with Crippen molar-refractivity contribution in [2.45, 2.75) is 45.3 Å². The van der Waals surface area contributed by atoms with Crippen molar-refractivity contribution in [3.63, 3.8) is 0 Å². The number of benzene rings is 1. The van der Waals surface area contributed by atoms with Crippen molar-refractivity contribution < 1.29 is 9.53 Å². The molecule has 0 radical (unpaired) electrons. The molecule has 3 heterocycles. The van der Waals surface area contributed by atoms with Crippen LogP contribution in [0.3, 0.4) is 0 Å². The summed E-state index contributed by atoms with van der Waals surface area (Å²) in [5.41, 5.74) is 2.67. The average molecular weight is 328 g/mol. The van der Waals surface area contributed by atoms with Gasteiger partial charge in [-0.05, 0) is 69.8 Å². The van der Waals surface area contributed by atoms with E-state index in [2.05, 4.69) is 22.9 Å². The molecule has 4 nitrogen and oxygen atoms in total. The van der Waals surface area contributed by atoms with Gasteiger partial charge in [0, 0.05) is 6.54 Å². The third-order valence-corrected chi connectivity index (χ3v) is 5.35. The van der Waals surface area contributed by atoms with Crippen LogP contribution in [0, 0.1) is 5.92 Å². The molecule has 0 unspecified atom stereocenters. The number of allylic oxidation sites excluding steroid dienone is 1. The molecule has 4 rings (SSSR count). The Bertz CT molecular complexity index is 630. The highest BCUT2D eigenvalue weighted by molar-refractivity contribution is 5.69. The van der Waals surface area contributed by atoms with E-state index in [9.17, 15) is 4.79 Å². The molecular weight excluding hydrogens is 300 g/mol. The average Bonchev–Trinajstić information content (AvgIpc) is 2.55. The minimum Gasteiger partial charge on any atom is -0.445 e. The van der Waals surface area contributed by atoms with Gasteiger partial charge in [-0.25, -0.2) is 4.79 Å². The normalized spacial score (nSPS) is 26.0. The lowest BCUT2D eigenvalue weighted by Crippen LogP contribution is -2.53. The Hall–Kier alpha value is -1.81. The zero-order valence-electron chi connectivity index (χ0n) is 15.0. The standard InChI is InChI=1S/C20H28N2O2/c1-14(2)16-6-5-7-17(12-16)20(3,4)21-19(23)24-18-13-22-10-8-15(18)9-11-22/h5-7,12,15,18H,1,8-11,13H2,2-4H3,(H,21,23)/t18-/m0/s1. The number of carbonyl (C=O) groups is 1. The molecular formula is C20H28N2O2. The molecule has 0 aromatic heterocycles. The molecule has 3 fully saturated rings. The van der Waals surface area contributed by atoms with Gasteiger partial charge in [-0.1, -0.05) is 30.4 Å². The van der Waals surface area contributed by atoms with Gasteiger partial charge >= 0.3 is 6.09 Å². The summed E-state index contributed by atoms with van der Waals surface area (Å²) in [4.78, 5) is 14.8. The number of fused-ring (bicyclic) bond motifs is 3. The molecule has 4 heteroatoms. The van der Waals surface area contributed by atoms with Gasteiger partial charge in [-0.2, -0.15) is 0 Å². The van der Waals surface area contributed by atoms with E-state index in [1.54, 1.807) is 0 Å². The van der Waals surface area contributed by atoms with Gasteiger partial charge in [0.15, 0.2) is 0 Å². The van der Waals surface area contributed by atoms with Crippen molar-refractivity contribution in [3.05, 3.63) is 42.0 Å². The molecule has 0 saturated carbocycles. The SMILES string of the molecule is C=C(C)c1cccc(C(C)(C)NC(=O)O[C@H]2CN3CCC2CC3)c1. The van der Waals surface area contributed by atoms with Gasteiger partial charge in [-0.15, -0.1) is 0 Å². The molecule has 1 atom stereocenters. The summed E-state index contributed by atoms with van der Waals surface area (Å²) < 4.78 is 5.75. The summed E-state index contributed by atoms with van der Waals surface area (Å²) >= 11 is 0. The largest absolute Gasteiger partial charge is 0.445 e. The Labute approximate surface area is 144 Å². The molecule has 3 aliphatic heterocycles. The first-order chi connectivity index (χ1) is 11.3. The second-order valence-electron chi connectivity index (χ2n) is 7.69. The smallest absolute Gasteiger partial charge is 0.408 e. The van der Waals surface area contributed by atoms with E-state index in [1.807, 2.05) is 39.0 Å². The van der Waals surface area contributed by atoms with Crippen molar-refractivity contribution in [3.8, 4) is 0 Å². The first kappa shape index (κ1) is 17.0. The number of amides is 1. The molecule has 24 heavy (non-hydrogen) atoms. The first-order valence-corrected chi connectivity index (χ1v) is 8.83. The predicted octanol–water partition coefficient (Wildman–Crippen LogP) is 3.78. The molecule has 1 amide bonds. The summed E-state index contributed by atoms with van der Waals surface area (Å²) in [5.74, 6) is 0.524. The quantitative estimate of drug-likeness (QED) is 0.914. The minimum atomic E-state index is -0.490. The zero-order chi connectivity index (χ0) is 17.3. The number of rotatable bonds is 4. The van der Waals surface area contributed by atoms with Gasteiger partial charge in [0.1, 0.15) is 6.10 Å². The van der Waals surface area contributed by atoms with Crippen LogP contribution in [-0.2, 0) is 10.3 Å². The lowest BCUT2D eigenvalue weighted by molar-refractivity contribution is -0.0349. The highest BCUT2D eigenvalue weighted by atomic mass is 16.6. The van der Waals surface area contributed by atoms with E-state index in [0.29, 0.717) is 5.92 Å². The minimum absolute atomic E-state index is 0.0325. The summed E-state index contributed by atoms with van der Waals surface area (Å²) in [7, 11) is 0. The fourth-order valence-corrected chi connectivity index (χ4v) is 3.71. The third kappa shape index (κ3) is 3.64. The Kier molecular flexibility index (Phi) is 4.68. The van der Waals surface area contributed by atoms with E-state index in [0.717, 1.165) is 49.2 Å². The molecule has 1 aromatic rings. The number of nitrogens with zero attached hydrogens (tertiary/aromatic N) is 1. The van der Waals surface area contributed by atoms with Gasteiger partial charge in [0.2, 0.25) is 0 Å². The molecule has 3 aliphatic rings. The fourth-order valence-electron chi connectivity index (χ4n) is 3.71. The second-order valence-corrected chi connectivity index (χ2v) is 7.69. The highest BCUT2D eigenvalue weighted by Crippen LogP contribution is 2.30. The maximum Gasteiger partial charge on any atom is 0.408 e. The van der Waals surface area contributed by atoms with Gasteiger partial charge in [0.05, 0.1) is 5.54 Å². The van der Waals surface area contributed by atoms with Crippen LogP contribution >= 0.6 is 0 Å². The maximum absolute atomic E-state index is 12.4. The van der Waals surface area contributed by atoms with Crippen LogP contribution in [0.2, 0.25) is 0 Å². The highest BCUT2D eigenvalue weighted by Gasteiger charge is 2.37. The van der Waals surface area contributed by atoms with Crippen molar-refractivity contribution in [1.29, 1.82) is 0 Å². The van der Waals surface area contributed by atoms with E-state index in [-0.39, 0.29) is 12.2 Å². The number of piperidine rings is 3. The van der Waals surface area contributed by atoms with Gasteiger partial charge in [0.25, 0.3) is 0 Å². The Morgan fingerprint density at radius 3 is 2.62 bits per heavy atom. The molecule has 3 saturated heterocycles. The number of hydrogen-bond acceptors (Lipinski definition) is 3. The van der Waals surface area contributed by atoms with E-state index >= 15 is 0 Å². The number of hydrogen-bond donors (Lipinski definition) is 1. The lowest BCUT2D eigenvalue weighted by atomic mass is 9.86. The van der Waals surface area contributed by atoms with Crippen molar-refractivity contribution in [2.75, 3.05) is 19.6 Å². The van der Waals surface area contributed by atoms with E-state index in [4.69, 9.17) is 4.74 Å². The third-order valence-electron chi connectivity index (χ3n) is 5.35. The first-order valence-electron chi connectivity index (χ1n) is 8.83. The van der Waals surface area contributed by atoms with Crippen LogP contribution in [-0.4, -0.2) is 36.7 Å². The summed E-state index contributed by atoms with van der Waals surface area (Å²) in [6.45, 7) is 13.2. The van der Waals surface area contributed by atoms with Crippen LogP contribution in [0.1, 0.15) is 44.7 Å². The number of nitrogens with one attached hydrogen (secondary N) is 1. The van der Waals surface area contributed by atoms with Crippen LogP contribution in [0.5, 0.6) is 0 Å². The summed E-state index contributed by atoms with van der Waals surface area (Å²) in [6, 6.07) is 8.15. The number of carbonyl (C=O) groups excluding carboxylic acids is 1. The fraction of sp³-hybridized carbons (Fsp3) is 0.550. The van der Waals surface area contributed by atoms with E-state index in [1.165, 1.54) is 0 Å². The molecule has 1 N–H and O–H groups in total. The van der Waals surface area contributed by atoms with Crippen LogP contribution in [0.15, 0.2) is 30.8 Å². The molecule has 0 aliphatic carbocycles. The Morgan fingerprint density at radius 1 is 1.33 bits per heavy atom. The molecule has 2 bridgehead atoms. The van der Waals surface area contributed by atoms with Crippen molar-refractivity contribution in [2.24, 2.45) is 5.92 Å². The Balaban J connectivity index is 1.64. The molecule has 1 aromatic carbocycles. The number of ether oxygens (including phenoxy) is 1. The van der Waals surface area contributed by atoms with E-state index < -0.39 is 5.54 Å². The summed E-state index contributed by atoms with van der Waals surface area (Å²) in [6.07, 6.45) is 1.99. The molecule has 130 valence electrons. The Morgan fingerprint density at radius 2 is 2.04 bits per heavy atom. The lowest BCUT2D eigenvalue weighted by Gasteiger charge is -2.44. The maximum atomic E-state index is 12.4. The van der Waals surface area contributed by atoms with Crippen molar-refractivity contribution in [1.82, 2.24) is 10.2 Å². The molecule has 0 spiro atoms. The van der Waals surface area contributed by atoms with Crippen molar-refractivity contribution >= 4 is 11.7 Å². The predicted molar refractivity (Wildman–Crippen MR) is 96.7 cm³/mol. The number of alkyl carbamates (subject to hydrolysis) is 1. The van der Waals surface area contributed by atoms with Gasteiger partial charge < -0.3 is 10.1 Å². The van der Waals surface area contributed by atoms with Crippen LogP contribution in [0.25, 0.3) is 5.57 Å². The van der Waals surface area contributed by atoms with Crippen LogP contribution in [0.4, 0.5) is 4.79 Å². The summed E-state index contributed by atoms with van der Waals surface area (Å²) in [5, 5.41) is 3.04. The van der Waals surface area contributed by atoms with Crippen LogP contribution < -0.4 is 5.32 Å².